The molecule has 0 heterocycles. The van der Waals surface area contributed by atoms with Gasteiger partial charge in [-0.2, -0.15) is 0 Å². The highest BCUT2D eigenvalue weighted by molar-refractivity contribution is 5.78. The Hall–Kier alpha value is -1.88. The Kier molecular flexibility index (Phi) is 6.02. The Morgan fingerprint density at radius 3 is 2.47 bits per heavy atom. The highest BCUT2D eigenvalue weighted by atomic mass is 16.5. The normalized spacial score (nSPS) is 13.6. The highest BCUT2D eigenvalue weighted by Crippen LogP contribution is 2.07. The molecule has 0 spiro atoms. The van der Waals surface area contributed by atoms with Crippen molar-refractivity contribution in [1.29, 1.82) is 0 Å². The molecular weight excluding hydrogens is 246 g/mol. The van der Waals surface area contributed by atoms with Crippen LogP contribution in [0.25, 0.3) is 0 Å². The van der Waals surface area contributed by atoms with E-state index in [1.165, 1.54) is 14.0 Å². The maximum atomic E-state index is 11.6. The number of methoxy groups -OCH3 is 1. The topological polar surface area (TPSA) is 75.6 Å². The molecule has 19 heavy (non-hydrogen) atoms. The molecule has 5 heteroatoms. The number of hydrogen-bond acceptors (Lipinski definition) is 4. The Balaban J connectivity index is 2.60. The number of hydrogen-bond donors (Lipinski definition) is 2. The Morgan fingerprint density at radius 2 is 1.95 bits per heavy atom. The molecule has 0 saturated carbocycles. The van der Waals surface area contributed by atoms with E-state index in [-0.39, 0.29) is 0 Å². The molecule has 5 nitrogen and oxygen atoms in total. The zero-order valence-corrected chi connectivity index (χ0v) is 11.1. The van der Waals surface area contributed by atoms with Crippen molar-refractivity contribution in [2.24, 2.45) is 0 Å². The van der Waals surface area contributed by atoms with E-state index >= 15 is 0 Å². The van der Waals surface area contributed by atoms with Crippen molar-refractivity contribution >= 4 is 11.9 Å². The van der Waals surface area contributed by atoms with Crippen molar-refractivity contribution in [3.05, 3.63) is 35.9 Å². The van der Waals surface area contributed by atoms with Crippen LogP contribution >= 0.6 is 0 Å². The van der Waals surface area contributed by atoms with Crippen LogP contribution in [0, 0.1) is 0 Å². The summed E-state index contributed by atoms with van der Waals surface area (Å²) in [6.45, 7) is 1.50. The molecule has 1 aromatic carbocycles. The van der Waals surface area contributed by atoms with Crippen LogP contribution in [-0.2, 0) is 20.7 Å². The second-order valence-corrected chi connectivity index (χ2v) is 4.33. The van der Waals surface area contributed by atoms with Gasteiger partial charge in [-0.3, -0.25) is 14.9 Å². The number of nitrogens with one attached hydrogen (secondary N) is 1. The summed E-state index contributed by atoms with van der Waals surface area (Å²) < 4.78 is 4.69. The molecule has 0 fully saturated rings. The summed E-state index contributed by atoms with van der Waals surface area (Å²) in [7, 11) is 1.30. The quantitative estimate of drug-likeness (QED) is 0.725. The van der Waals surface area contributed by atoms with Crippen LogP contribution < -0.4 is 5.32 Å². The summed E-state index contributed by atoms with van der Waals surface area (Å²) in [5.41, 5.74) is 1.10. The molecule has 0 bridgehead atoms. The average Bonchev–Trinajstić information content (AvgIpc) is 2.43. The number of carboxylic acid groups (broad SMARTS) is 1. The molecule has 2 atom stereocenters. The van der Waals surface area contributed by atoms with Gasteiger partial charge in [0.15, 0.2) is 0 Å². The molecule has 104 valence electrons. The first-order valence-electron chi connectivity index (χ1n) is 6.15. The van der Waals surface area contributed by atoms with Crippen LogP contribution in [0.4, 0.5) is 0 Å². The maximum Gasteiger partial charge on any atom is 0.322 e. The number of aryl methyl sites for hydroxylation is 1. The standard InChI is InChI=1S/C14H19NO4/c1-10(13(16)17)15-12(14(18)19-2)9-8-11-6-4-3-5-7-11/h3-7,10,12,15H,8-9H2,1-2H3,(H,16,17)/t10-,12+/m0/s1. The number of esters is 1. The summed E-state index contributed by atoms with van der Waals surface area (Å²) in [6.07, 6.45) is 1.17. The van der Waals surface area contributed by atoms with E-state index < -0.39 is 24.0 Å². The van der Waals surface area contributed by atoms with E-state index in [1.807, 2.05) is 30.3 Å². The fraction of sp³-hybridized carbons (Fsp3) is 0.429. The molecule has 0 amide bonds. The smallest absolute Gasteiger partial charge is 0.322 e. The van der Waals surface area contributed by atoms with Crippen molar-refractivity contribution in [3.63, 3.8) is 0 Å². The van der Waals surface area contributed by atoms with E-state index in [2.05, 4.69) is 10.1 Å². The van der Waals surface area contributed by atoms with Crippen LogP contribution in [-0.4, -0.2) is 36.2 Å². The molecule has 0 aliphatic heterocycles. The van der Waals surface area contributed by atoms with Gasteiger partial charge < -0.3 is 9.84 Å². The maximum absolute atomic E-state index is 11.6. The van der Waals surface area contributed by atoms with Crippen molar-refractivity contribution in [3.8, 4) is 0 Å². The van der Waals surface area contributed by atoms with Crippen molar-refractivity contribution in [1.82, 2.24) is 5.32 Å². The van der Waals surface area contributed by atoms with E-state index in [4.69, 9.17) is 5.11 Å². The monoisotopic (exact) mass is 265 g/mol. The largest absolute Gasteiger partial charge is 0.480 e. The fourth-order valence-corrected chi connectivity index (χ4v) is 1.74. The summed E-state index contributed by atoms with van der Waals surface area (Å²) in [5.74, 6) is -1.43. The van der Waals surface area contributed by atoms with Gasteiger partial charge in [-0.25, -0.2) is 0 Å². The van der Waals surface area contributed by atoms with Crippen LogP contribution in [0.5, 0.6) is 0 Å². The number of rotatable bonds is 7. The number of benzene rings is 1. The van der Waals surface area contributed by atoms with Gasteiger partial charge in [-0.15, -0.1) is 0 Å². The third kappa shape index (κ3) is 5.09. The van der Waals surface area contributed by atoms with Crippen LogP contribution in [0.2, 0.25) is 0 Å². The molecule has 0 radical (unpaired) electrons. The van der Waals surface area contributed by atoms with E-state index in [1.54, 1.807) is 0 Å². The van der Waals surface area contributed by atoms with Crippen LogP contribution in [0.3, 0.4) is 0 Å². The summed E-state index contributed by atoms with van der Waals surface area (Å²) in [4.78, 5) is 22.4. The average molecular weight is 265 g/mol. The predicted octanol–water partition coefficient (Wildman–Crippen LogP) is 1.22. The first-order chi connectivity index (χ1) is 9.04. The lowest BCUT2D eigenvalue weighted by Gasteiger charge is -2.19. The van der Waals surface area contributed by atoms with Gasteiger partial charge in [0.25, 0.3) is 0 Å². The van der Waals surface area contributed by atoms with Crippen LogP contribution in [0.15, 0.2) is 30.3 Å². The predicted molar refractivity (Wildman–Crippen MR) is 70.8 cm³/mol. The third-order valence-electron chi connectivity index (χ3n) is 2.87. The first kappa shape index (κ1) is 15.2. The Morgan fingerprint density at radius 1 is 1.32 bits per heavy atom. The van der Waals surface area contributed by atoms with Crippen molar-refractivity contribution in [2.45, 2.75) is 31.8 Å². The Bertz CT molecular complexity index is 419. The fourth-order valence-electron chi connectivity index (χ4n) is 1.74. The molecule has 0 aromatic heterocycles. The number of ether oxygens (including phenoxy) is 1. The minimum Gasteiger partial charge on any atom is -0.480 e. The molecule has 1 aromatic rings. The molecule has 0 saturated heterocycles. The van der Waals surface area contributed by atoms with E-state index in [0.29, 0.717) is 12.8 Å². The molecule has 1 rings (SSSR count). The van der Waals surface area contributed by atoms with Crippen molar-refractivity contribution < 1.29 is 19.4 Å². The van der Waals surface area contributed by atoms with Gasteiger partial charge >= 0.3 is 11.9 Å². The zero-order valence-electron chi connectivity index (χ0n) is 11.1. The van der Waals surface area contributed by atoms with E-state index in [9.17, 15) is 9.59 Å². The van der Waals surface area contributed by atoms with Gasteiger partial charge in [0.05, 0.1) is 7.11 Å². The number of carbonyl (C=O) groups is 2. The highest BCUT2D eigenvalue weighted by Gasteiger charge is 2.23. The van der Waals surface area contributed by atoms with Gasteiger partial charge in [0, 0.05) is 0 Å². The summed E-state index contributed by atoms with van der Waals surface area (Å²) >= 11 is 0. The minimum absolute atomic E-state index is 0.441. The SMILES string of the molecule is COC(=O)[C@@H](CCc1ccccc1)N[C@@H](C)C(=O)O. The zero-order chi connectivity index (χ0) is 14.3. The number of aliphatic carboxylic acids is 1. The molecule has 0 aliphatic carbocycles. The van der Waals surface area contributed by atoms with Gasteiger partial charge in [-0.05, 0) is 25.3 Å². The summed E-state index contributed by atoms with van der Waals surface area (Å²) in [6, 6.07) is 8.30. The van der Waals surface area contributed by atoms with Crippen molar-refractivity contribution in [2.75, 3.05) is 7.11 Å². The lowest BCUT2D eigenvalue weighted by atomic mass is 10.0. The van der Waals surface area contributed by atoms with E-state index in [0.717, 1.165) is 5.56 Å². The lowest BCUT2D eigenvalue weighted by molar-refractivity contribution is -0.144. The molecular formula is C14H19NO4. The van der Waals surface area contributed by atoms with Gasteiger partial charge in [0.2, 0.25) is 0 Å². The molecule has 0 aliphatic rings. The number of carboxylic acids is 1. The lowest BCUT2D eigenvalue weighted by Crippen LogP contribution is -2.46. The van der Waals surface area contributed by atoms with Gasteiger partial charge in [-0.1, -0.05) is 30.3 Å². The third-order valence-corrected chi connectivity index (χ3v) is 2.87. The Labute approximate surface area is 112 Å². The first-order valence-corrected chi connectivity index (χ1v) is 6.15. The molecule has 0 unspecified atom stereocenters. The summed E-state index contributed by atoms with van der Waals surface area (Å²) in [5, 5.41) is 11.6. The minimum atomic E-state index is -0.992. The second kappa shape index (κ2) is 7.53. The second-order valence-electron chi connectivity index (χ2n) is 4.33. The molecule has 2 N–H and O–H groups in total. The number of carbonyl (C=O) groups excluding carboxylic acids is 1. The van der Waals surface area contributed by atoms with Gasteiger partial charge in [0.1, 0.15) is 12.1 Å². The van der Waals surface area contributed by atoms with Crippen LogP contribution in [0.1, 0.15) is 18.9 Å².